The van der Waals surface area contributed by atoms with Gasteiger partial charge in [-0.1, -0.05) is 0 Å². The van der Waals surface area contributed by atoms with Gasteiger partial charge in [-0.15, -0.1) is 0 Å². The molecule has 6 nitrogen and oxygen atoms in total. The fourth-order valence-corrected chi connectivity index (χ4v) is 1.66. The lowest BCUT2D eigenvalue weighted by molar-refractivity contribution is 0.0954. The summed E-state index contributed by atoms with van der Waals surface area (Å²) in [5.74, 6) is 0.0401. The number of carbonyl (C=O) groups excluding carboxylic acids is 1. The molecule has 18 heavy (non-hydrogen) atoms. The molecule has 0 unspecified atom stereocenters. The van der Waals surface area contributed by atoms with Crippen molar-refractivity contribution in [2.45, 2.75) is 6.42 Å². The van der Waals surface area contributed by atoms with Crippen molar-refractivity contribution in [1.29, 1.82) is 0 Å². The lowest BCUT2D eigenvalue weighted by Gasteiger charge is -2.06. The Morgan fingerprint density at radius 1 is 1.44 bits per heavy atom. The molecular formula is C12H15N5O. The van der Waals surface area contributed by atoms with E-state index in [0.717, 1.165) is 12.1 Å². The van der Waals surface area contributed by atoms with E-state index < -0.39 is 0 Å². The molecule has 94 valence electrons. The summed E-state index contributed by atoms with van der Waals surface area (Å²) in [6.45, 7) is 0.534. The standard InChI is InChI=1S/C12H15N5O/c1-17-9(5-8-16-17)4-7-15-12(18)10-3-2-6-14-11(10)13/h2-3,5-6,8H,4,7H2,1H3,(H2,13,14)(H,15,18). The Hall–Kier alpha value is -2.37. The van der Waals surface area contributed by atoms with Crippen LogP contribution in [0.2, 0.25) is 0 Å². The second-order valence-electron chi connectivity index (χ2n) is 3.89. The van der Waals surface area contributed by atoms with Gasteiger partial charge in [0.1, 0.15) is 5.82 Å². The van der Waals surface area contributed by atoms with Crippen molar-refractivity contribution in [3.05, 3.63) is 41.9 Å². The summed E-state index contributed by atoms with van der Waals surface area (Å²) >= 11 is 0. The molecule has 0 aliphatic heterocycles. The number of nitrogens with two attached hydrogens (primary N) is 1. The smallest absolute Gasteiger partial charge is 0.255 e. The molecule has 6 heteroatoms. The van der Waals surface area contributed by atoms with E-state index >= 15 is 0 Å². The minimum atomic E-state index is -0.206. The molecular weight excluding hydrogens is 230 g/mol. The van der Waals surface area contributed by atoms with Crippen LogP contribution in [0.3, 0.4) is 0 Å². The zero-order valence-corrected chi connectivity index (χ0v) is 10.1. The molecule has 0 fully saturated rings. The summed E-state index contributed by atoms with van der Waals surface area (Å²) in [7, 11) is 1.87. The maximum absolute atomic E-state index is 11.8. The topological polar surface area (TPSA) is 85.8 Å². The number of nitrogen functional groups attached to an aromatic ring is 1. The quantitative estimate of drug-likeness (QED) is 0.814. The second-order valence-corrected chi connectivity index (χ2v) is 3.89. The van der Waals surface area contributed by atoms with Gasteiger partial charge in [-0.25, -0.2) is 4.98 Å². The number of carbonyl (C=O) groups is 1. The predicted octanol–water partition coefficient (Wildman–Crippen LogP) is 0.370. The first-order valence-electron chi connectivity index (χ1n) is 5.64. The number of rotatable bonds is 4. The first-order valence-corrected chi connectivity index (χ1v) is 5.64. The van der Waals surface area contributed by atoms with Gasteiger partial charge < -0.3 is 11.1 Å². The van der Waals surface area contributed by atoms with Crippen LogP contribution in [-0.2, 0) is 13.5 Å². The molecule has 0 saturated heterocycles. The van der Waals surface area contributed by atoms with E-state index in [1.54, 1.807) is 29.2 Å². The molecule has 3 N–H and O–H groups in total. The lowest BCUT2D eigenvalue weighted by atomic mass is 10.2. The van der Waals surface area contributed by atoms with Crippen LogP contribution in [0.4, 0.5) is 5.82 Å². The zero-order valence-electron chi connectivity index (χ0n) is 10.1. The lowest BCUT2D eigenvalue weighted by Crippen LogP contribution is -2.27. The Morgan fingerprint density at radius 3 is 2.94 bits per heavy atom. The van der Waals surface area contributed by atoms with Crippen molar-refractivity contribution >= 4 is 11.7 Å². The molecule has 0 atom stereocenters. The third-order valence-electron chi connectivity index (χ3n) is 2.67. The Bertz CT molecular complexity index is 549. The van der Waals surface area contributed by atoms with Crippen molar-refractivity contribution < 1.29 is 4.79 Å². The number of hydrogen-bond donors (Lipinski definition) is 2. The molecule has 0 saturated carbocycles. The van der Waals surface area contributed by atoms with Gasteiger partial charge in [0.2, 0.25) is 0 Å². The summed E-state index contributed by atoms with van der Waals surface area (Å²) in [5, 5.41) is 6.87. The number of nitrogens with zero attached hydrogens (tertiary/aromatic N) is 3. The number of anilines is 1. The number of aryl methyl sites for hydroxylation is 1. The predicted molar refractivity (Wildman–Crippen MR) is 67.9 cm³/mol. The van der Waals surface area contributed by atoms with E-state index in [0.29, 0.717) is 12.1 Å². The summed E-state index contributed by atoms with van der Waals surface area (Å²) in [6, 6.07) is 5.26. The SMILES string of the molecule is Cn1nccc1CCNC(=O)c1cccnc1N. The average Bonchev–Trinajstić information content (AvgIpc) is 2.75. The van der Waals surface area contributed by atoms with Crippen LogP contribution in [0.15, 0.2) is 30.6 Å². The minimum Gasteiger partial charge on any atom is -0.383 e. The van der Waals surface area contributed by atoms with Crippen LogP contribution in [0.25, 0.3) is 0 Å². The van der Waals surface area contributed by atoms with Crippen molar-refractivity contribution in [2.75, 3.05) is 12.3 Å². The number of pyridine rings is 1. The molecule has 1 amide bonds. The van der Waals surface area contributed by atoms with E-state index in [-0.39, 0.29) is 11.7 Å². The molecule has 0 aliphatic carbocycles. The summed E-state index contributed by atoms with van der Waals surface area (Å²) in [6.07, 6.45) is 4.01. The Balaban J connectivity index is 1.90. The highest BCUT2D eigenvalue weighted by atomic mass is 16.1. The van der Waals surface area contributed by atoms with Gasteiger partial charge in [0, 0.05) is 38.1 Å². The minimum absolute atomic E-state index is 0.206. The van der Waals surface area contributed by atoms with E-state index in [2.05, 4.69) is 15.4 Å². The summed E-state index contributed by atoms with van der Waals surface area (Å²) < 4.78 is 1.78. The van der Waals surface area contributed by atoms with Crippen molar-refractivity contribution in [2.24, 2.45) is 7.05 Å². The zero-order chi connectivity index (χ0) is 13.0. The molecule has 0 radical (unpaired) electrons. The fraction of sp³-hybridized carbons (Fsp3) is 0.250. The van der Waals surface area contributed by atoms with Crippen LogP contribution < -0.4 is 11.1 Å². The number of aromatic nitrogens is 3. The van der Waals surface area contributed by atoms with Gasteiger partial charge in [-0.2, -0.15) is 5.10 Å². The van der Waals surface area contributed by atoms with Crippen molar-refractivity contribution in [3.63, 3.8) is 0 Å². The molecule has 0 spiro atoms. The van der Waals surface area contributed by atoms with Crippen molar-refractivity contribution in [3.8, 4) is 0 Å². The van der Waals surface area contributed by atoms with Gasteiger partial charge in [0.25, 0.3) is 5.91 Å². The van der Waals surface area contributed by atoms with Crippen LogP contribution in [0.5, 0.6) is 0 Å². The van der Waals surface area contributed by atoms with Crippen LogP contribution >= 0.6 is 0 Å². The molecule has 0 aromatic carbocycles. The first kappa shape index (κ1) is 12.1. The Kier molecular flexibility index (Phi) is 3.57. The second kappa shape index (κ2) is 5.31. The van der Waals surface area contributed by atoms with E-state index in [1.165, 1.54) is 0 Å². The highest BCUT2D eigenvalue weighted by molar-refractivity contribution is 5.98. The monoisotopic (exact) mass is 245 g/mol. The largest absolute Gasteiger partial charge is 0.383 e. The van der Waals surface area contributed by atoms with Crippen LogP contribution in [0.1, 0.15) is 16.1 Å². The molecule has 2 heterocycles. The van der Waals surface area contributed by atoms with E-state index in [9.17, 15) is 4.79 Å². The van der Waals surface area contributed by atoms with Gasteiger partial charge in [0.05, 0.1) is 5.56 Å². The maximum atomic E-state index is 11.8. The third-order valence-corrected chi connectivity index (χ3v) is 2.67. The Labute approximate surface area is 105 Å². The maximum Gasteiger partial charge on any atom is 0.255 e. The molecule has 2 aromatic heterocycles. The van der Waals surface area contributed by atoms with Gasteiger partial charge in [-0.3, -0.25) is 9.48 Å². The molecule has 0 aliphatic rings. The molecule has 0 bridgehead atoms. The van der Waals surface area contributed by atoms with Crippen LogP contribution in [0, 0.1) is 0 Å². The average molecular weight is 245 g/mol. The fourth-order valence-electron chi connectivity index (χ4n) is 1.66. The number of amides is 1. The highest BCUT2D eigenvalue weighted by Gasteiger charge is 2.09. The number of hydrogen-bond acceptors (Lipinski definition) is 4. The first-order chi connectivity index (χ1) is 8.68. The van der Waals surface area contributed by atoms with E-state index in [4.69, 9.17) is 5.73 Å². The van der Waals surface area contributed by atoms with Gasteiger partial charge in [-0.05, 0) is 18.2 Å². The van der Waals surface area contributed by atoms with Gasteiger partial charge >= 0.3 is 0 Å². The Morgan fingerprint density at radius 2 is 2.28 bits per heavy atom. The van der Waals surface area contributed by atoms with E-state index in [1.807, 2.05) is 13.1 Å². The number of nitrogens with one attached hydrogen (secondary N) is 1. The van der Waals surface area contributed by atoms with Gasteiger partial charge in [0.15, 0.2) is 0 Å². The summed E-state index contributed by atoms with van der Waals surface area (Å²) in [5.41, 5.74) is 7.10. The molecule has 2 aromatic rings. The molecule has 2 rings (SSSR count). The van der Waals surface area contributed by atoms with Crippen LogP contribution in [-0.4, -0.2) is 27.2 Å². The van der Waals surface area contributed by atoms with Crippen molar-refractivity contribution in [1.82, 2.24) is 20.1 Å². The highest BCUT2D eigenvalue weighted by Crippen LogP contribution is 2.06. The third kappa shape index (κ3) is 2.65. The summed E-state index contributed by atoms with van der Waals surface area (Å²) in [4.78, 5) is 15.7. The normalized spacial score (nSPS) is 10.3.